The number of carbonyl (C=O) groups excluding carboxylic acids is 2. The van der Waals surface area contributed by atoms with Gasteiger partial charge >= 0.3 is 5.97 Å². The zero-order chi connectivity index (χ0) is 39.8. The van der Waals surface area contributed by atoms with Crippen LogP contribution in [0.3, 0.4) is 0 Å². The lowest BCUT2D eigenvalue weighted by atomic mass is 9.80. The van der Waals surface area contributed by atoms with Gasteiger partial charge in [-0.05, 0) is 69.0 Å². The molecule has 1 saturated heterocycles. The number of imidazole rings is 2. The lowest BCUT2D eigenvalue weighted by molar-refractivity contribution is -0.143. The summed E-state index contributed by atoms with van der Waals surface area (Å²) >= 11 is 14.0. The molecule has 0 radical (unpaired) electrons. The van der Waals surface area contributed by atoms with Crippen LogP contribution < -0.4 is 5.32 Å². The second-order valence-electron chi connectivity index (χ2n) is 16.2. The number of anilines is 1. The minimum atomic E-state index is -0.668. The maximum Gasteiger partial charge on any atom is 0.306 e. The summed E-state index contributed by atoms with van der Waals surface area (Å²) in [6, 6.07) is 11.5. The van der Waals surface area contributed by atoms with Gasteiger partial charge in [0.25, 0.3) is 5.91 Å². The molecule has 0 bridgehead atoms. The molecule has 4 aromatic rings. The lowest BCUT2D eigenvalue weighted by Gasteiger charge is -2.36. The Morgan fingerprint density at radius 1 is 0.825 bits per heavy atom. The second kappa shape index (κ2) is 17.0. The number of rotatable bonds is 11. The van der Waals surface area contributed by atoms with E-state index in [1.165, 1.54) is 0 Å². The van der Waals surface area contributed by atoms with Gasteiger partial charge in [-0.15, -0.1) is 0 Å². The summed E-state index contributed by atoms with van der Waals surface area (Å²) in [5, 5.41) is 13.1. The molecule has 5 heterocycles. The van der Waals surface area contributed by atoms with E-state index in [1.807, 2.05) is 53.6 Å². The standard InChI is InChI=1S/C43H51Cl2N7O5/c1-49-36-15-20-52(29-16-21-57-22-17-29)25-34(36)46-40(49)37(53)23-28-5-3-6-30(38(28)44)31-7-4-8-32(39(31)45)48-42(54)41-47-33-24-51(19-14-35(33)50(41)2)18-13-26-9-11-27(12-10-26)43(55)56/h3-8,26-27,29H,9-25H2,1-2H3,(H,48,54)(H,55,56). The van der Waals surface area contributed by atoms with Crippen LogP contribution in [0.2, 0.25) is 10.0 Å². The molecule has 1 amide bonds. The fourth-order valence-corrected chi connectivity index (χ4v) is 9.96. The van der Waals surface area contributed by atoms with Gasteiger partial charge in [-0.1, -0.05) is 53.5 Å². The van der Waals surface area contributed by atoms with Crippen molar-refractivity contribution < 1.29 is 24.2 Å². The second-order valence-corrected chi connectivity index (χ2v) is 17.0. The number of fused-ring (bicyclic) bond motifs is 2. The highest BCUT2D eigenvalue weighted by Crippen LogP contribution is 2.39. The van der Waals surface area contributed by atoms with Crippen LogP contribution in [0.5, 0.6) is 0 Å². The number of benzene rings is 2. The quantitative estimate of drug-likeness (QED) is 0.154. The molecule has 12 nitrogen and oxygen atoms in total. The number of aliphatic carboxylic acids is 1. The predicted molar refractivity (Wildman–Crippen MR) is 219 cm³/mol. The van der Waals surface area contributed by atoms with Gasteiger partial charge in [-0.2, -0.15) is 0 Å². The van der Waals surface area contributed by atoms with E-state index in [9.17, 15) is 19.5 Å². The molecule has 0 spiro atoms. The Morgan fingerprint density at radius 3 is 2.21 bits per heavy atom. The largest absolute Gasteiger partial charge is 0.481 e. The van der Waals surface area contributed by atoms with Gasteiger partial charge in [0.05, 0.1) is 33.0 Å². The summed E-state index contributed by atoms with van der Waals surface area (Å²) < 4.78 is 9.40. The molecule has 57 heavy (non-hydrogen) atoms. The first kappa shape index (κ1) is 39.7. The maximum atomic E-state index is 13.8. The number of nitrogens with one attached hydrogen (secondary N) is 1. The average Bonchev–Trinajstić information content (AvgIpc) is 3.74. The number of nitrogens with zero attached hydrogens (tertiary/aromatic N) is 6. The highest BCUT2D eigenvalue weighted by atomic mass is 35.5. The molecule has 8 rings (SSSR count). The van der Waals surface area contributed by atoms with Crippen molar-refractivity contribution in [1.82, 2.24) is 28.9 Å². The van der Waals surface area contributed by atoms with E-state index in [1.54, 1.807) is 6.07 Å². The first-order valence-corrected chi connectivity index (χ1v) is 21.1. The van der Waals surface area contributed by atoms with Gasteiger partial charge in [0.15, 0.2) is 11.6 Å². The molecule has 2 aromatic heterocycles. The minimum Gasteiger partial charge on any atom is -0.481 e. The van der Waals surface area contributed by atoms with Gasteiger partial charge < -0.3 is 24.3 Å². The van der Waals surface area contributed by atoms with Crippen LogP contribution in [0, 0.1) is 11.8 Å². The van der Waals surface area contributed by atoms with Crippen LogP contribution in [-0.2, 0) is 56.0 Å². The summed E-state index contributed by atoms with van der Waals surface area (Å²) in [5.41, 5.74) is 6.46. The number of carboxylic acids is 1. The van der Waals surface area contributed by atoms with Crippen molar-refractivity contribution in [2.24, 2.45) is 25.9 Å². The predicted octanol–water partition coefficient (Wildman–Crippen LogP) is 6.98. The lowest BCUT2D eigenvalue weighted by Crippen LogP contribution is -2.42. The number of ether oxygens (including phenoxy) is 1. The summed E-state index contributed by atoms with van der Waals surface area (Å²) in [6.07, 6.45) is 8.29. The SMILES string of the molecule is Cn1c(C(=O)Cc2cccc(-c3cccc(NC(=O)c4nc5c(n4C)CCN(CCC4CCC(C(=O)O)CC4)C5)c3Cl)c2Cl)nc2c1CCN(C1CCOCC1)C2. The van der Waals surface area contributed by atoms with Crippen molar-refractivity contribution in [1.29, 1.82) is 0 Å². The number of aromatic nitrogens is 4. The number of carboxylic acid groups (broad SMARTS) is 1. The zero-order valence-corrected chi connectivity index (χ0v) is 34.2. The molecule has 2 N–H and O–H groups in total. The monoisotopic (exact) mass is 815 g/mol. The van der Waals surface area contributed by atoms with E-state index in [0.717, 1.165) is 120 Å². The van der Waals surface area contributed by atoms with Crippen LogP contribution >= 0.6 is 23.2 Å². The maximum absolute atomic E-state index is 13.8. The third-order valence-corrected chi connectivity index (χ3v) is 13.6. The van der Waals surface area contributed by atoms with Crippen molar-refractivity contribution in [3.63, 3.8) is 0 Å². The summed E-state index contributed by atoms with van der Waals surface area (Å²) in [6.45, 7) is 5.76. The van der Waals surface area contributed by atoms with Crippen molar-refractivity contribution in [3.8, 4) is 11.1 Å². The highest BCUT2D eigenvalue weighted by molar-refractivity contribution is 6.39. The molecule has 2 fully saturated rings. The molecule has 4 aliphatic rings. The number of hydrogen-bond acceptors (Lipinski definition) is 8. The van der Waals surface area contributed by atoms with E-state index >= 15 is 0 Å². The van der Waals surface area contributed by atoms with E-state index in [-0.39, 0.29) is 24.0 Å². The van der Waals surface area contributed by atoms with E-state index < -0.39 is 5.97 Å². The summed E-state index contributed by atoms with van der Waals surface area (Å²) in [5.74, 6) is -0.000595. The normalized spacial score (nSPS) is 20.6. The smallest absolute Gasteiger partial charge is 0.306 e. The first-order valence-electron chi connectivity index (χ1n) is 20.3. The fraction of sp³-hybridized carbons (Fsp3) is 0.512. The first-order chi connectivity index (χ1) is 27.5. The Morgan fingerprint density at radius 2 is 1.47 bits per heavy atom. The molecule has 0 atom stereocenters. The van der Waals surface area contributed by atoms with Crippen LogP contribution in [-0.4, -0.2) is 90.6 Å². The van der Waals surface area contributed by atoms with Crippen molar-refractivity contribution in [3.05, 3.63) is 86.4 Å². The number of halogens is 2. The molecule has 3 aliphatic heterocycles. The van der Waals surface area contributed by atoms with Crippen molar-refractivity contribution in [2.75, 3.05) is 38.2 Å². The Bertz CT molecular complexity index is 2170. The Labute approximate surface area is 343 Å². The van der Waals surface area contributed by atoms with Gasteiger partial charge in [0.1, 0.15) is 0 Å². The molecule has 1 saturated carbocycles. The van der Waals surface area contributed by atoms with Gasteiger partial charge in [0, 0.05) is 101 Å². The fourth-order valence-electron chi connectivity index (χ4n) is 9.39. The molecule has 14 heteroatoms. The minimum absolute atomic E-state index is 0.0865. The summed E-state index contributed by atoms with van der Waals surface area (Å²) in [4.78, 5) is 53.4. The molecule has 302 valence electrons. The van der Waals surface area contributed by atoms with Crippen LogP contribution in [0.25, 0.3) is 11.1 Å². The third-order valence-electron chi connectivity index (χ3n) is 12.8. The number of ketones is 1. The third kappa shape index (κ3) is 8.29. The Hall–Kier alpha value is -4.07. The highest BCUT2D eigenvalue weighted by Gasteiger charge is 2.31. The molecular weight excluding hydrogens is 765 g/mol. The number of hydrogen-bond donors (Lipinski definition) is 2. The average molecular weight is 817 g/mol. The molecular formula is C43H51Cl2N7O5. The van der Waals surface area contributed by atoms with Gasteiger partial charge in [-0.3, -0.25) is 24.2 Å². The van der Waals surface area contributed by atoms with Crippen molar-refractivity contribution in [2.45, 2.75) is 83.3 Å². The van der Waals surface area contributed by atoms with Crippen molar-refractivity contribution >= 4 is 46.5 Å². The van der Waals surface area contributed by atoms with E-state index in [2.05, 4.69) is 15.1 Å². The summed E-state index contributed by atoms with van der Waals surface area (Å²) in [7, 11) is 3.81. The van der Waals surface area contributed by atoms with E-state index in [0.29, 0.717) is 62.6 Å². The van der Waals surface area contributed by atoms with Gasteiger partial charge in [0.2, 0.25) is 5.78 Å². The topological polar surface area (TPSA) is 135 Å². The number of Topliss-reactive ketones (excluding diaryl/α,β-unsaturated/α-hetero) is 1. The Kier molecular flexibility index (Phi) is 11.9. The van der Waals surface area contributed by atoms with Gasteiger partial charge in [-0.25, -0.2) is 9.97 Å². The van der Waals surface area contributed by atoms with E-state index in [4.69, 9.17) is 37.9 Å². The Balaban J connectivity index is 0.921. The molecule has 2 aromatic carbocycles. The number of carbonyl (C=O) groups is 3. The molecule has 0 unspecified atom stereocenters. The number of amides is 1. The van der Waals surface area contributed by atoms with Crippen LogP contribution in [0.4, 0.5) is 5.69 Å². The van der Waals surface area contributed by atoms with Crippen LogP contribution in [0.15, 0.2) is 36.4 Å². The van der Waals surface area contributed by atoms with Crippen LogP contribution in [0.1, 0.15) is 94.5 Å². The zero-order valence-electron chi connectivity index (χ0n) is 32.7. The molecule has 1 aliphatic carbocycles.